The van der Waals surface area contributed by atoms with Gasteiger partial charge in [0.25, 0.3) is 5.91 Å². The highest BCUT2D eigenvalue weighted by atomic mass is 79.9. The zero-order valence-corrected chi connectivity index (χ0v) is 17.3. The van der Waals surface area contributed by atoms with Gasteiger partial charge in [0.1, 0.15) is 0 Å². The van der Waals surface area contributed by atoms with Crippen LogP contribution in [0.4, 0.5) is 0 Å². The molecule has 1 amide bonds. The molecule has 1 atom stereocenters. The fourth-order valence-corrected chi connectivity index (χ4v) is 3.31. The lowest BCUT2D eigenvalue weighted by molar-refractivity contribution is -0.141. The summed E-state index contributed by atoms with van der Waals surface area (Å²) in [6, 6.07) is 15.6. The molecule has 0 unspecified atom stereocenters. The average Bonchev–Trinajstić information content (AvgIpc) is 3.17. The summed E-state index contributed by atoms with van der Waals surface area (Å²) < 4.78 is 7.14. The minimum Gasteiger partial charge on any atom is -0.469 e. The van der Waals surface area contributed by atoms with E-state index >= 15 is 0 Å². The number of ether oxygens (including phenoxy) is 1. The number of methoxy groups -OCH3 is 1. The fraction of sp³-hybridized carbons (Fsp3) is 0.150. The number of halogens is 2. The number of benzene rings is 2. The molecular formula is C20H17BrClN3O3. The second kappa shape index (κ2) is 9.03. The average molecular weight is 463 g/mol. The first kappa shape index (κ1) is 20.1. The lowest BCUT2D eigenvalue weighted by Crippen LogP contribution is -2.31. The van der Waals surface area contributed by atoms with E-state index in [2.05, 4.69) is 26.3 Å². The Balaban J connectivity index is 1.82. The number of rotatable bonds is 6. The number of amides is 1. The molecule has 0 bridgehead atoms. The molecular weight excluding hydrogens is 446 g/mol. The van der Waals surface area contributed by atoms with Crippen molar-refractivity contribution in [2.24, 2.45) is 0 Å². The van der Waals surface area contributed by atoms with Gasteiger partial charge < -0.3 is 10.1 Å². The molecule has 0 saturated heterocycles. The van der Waals surface area contributed by atoms with E-state index in [1.807, 2.05) is 36.4 Å². The van der Waals surface area contributed by atoms with Crippen LogP contribution in [0.25, 0.3) is 5.69 Å². The summed E-state index contributed by atoms with van der Waals surface area (Å²) in [7, 11) is 1.31. The fourth-order valence-electron chi connectivity index (χ4n) is 2.67. The Hall–Kier alpha value is -2.64. The molecule has 0 radical (unpaired) electrons. The van der Waals surface area contributed by atoms with Gasteiger partial charge >= 0.3 is 5.97 Å². The Kier molecular flexibility index (Phi) is 6.49. The molecule has 0 aliphatic carbocycles. The molecule has 0 fully saturated rings. The van der Waals surface area contributed by atoms with Gasteiger partial charge in [-0.3, -0.25) is 9.59 Å². The van der Waals surface area contributed by atoms with E-state index in [0.29, 0.717) is 10.7 Å². The van der Waals surface area contributed by atoms with Crippen molar-refractivity contribution in [2.75, 3.05) is 7.11 Å². The van der Waals surface area contributed by atoms with Crippen LogP contribution in [0.3, 0.4) is 0 Å². The SMILES string of the molecule is COC(=O)C[C@H](NC(=O)c1ccn(-c2ccccc2Cl)n1)c1cccc(Br)c1. The predicted molar refractivity (Wildman–Crippen MR) is 110 cm³/mol. The second-order valence-electron chi connectivity index (χ2n) is 5.96. The maximum atomic E-state index is 12.7. The van der Waals surface area contributed by atoms with Crippen molar-refractivity contribution in [3.05, 3.63) is 81.5 Å². The van der Waals surface area contributed by atoms with E-state index in [1.165, 1.54) is 11.8 Å². The number of nitrogens with zero attached hydrogens (tertiary/aromatic N) is 2. The number of nitrogens with one attached hydrogen (secondary N) is 1. The molecule has 1 heterocycles. The van der Waals surface area contributed by atoms with E-state index in [9.17, 15) is 9.59 Å². The highest BCUT2D eigenvalue weighted by Gasteiger charge is 2.21. The predicted octanol–water partition coefficient (Wildman–Crippen LogP) is 4.32. The highest BCUT2D eigenvalue weighted by Crippen LogP contribution is 2.23. The van der Waals surface area contributed by atoms with Crippen LogP contribution in [0, 0.1) is 0 Å². The van der Waals surface area contributed by atoms with Gasteiger partial charge in [-0.05, 0) is 35.9 Å². The minimum atomic E-state index is -0.553. The van der Waals surface area contributed by atoms with Gasteiger partial charge in [-0.2, -0.15) is 5.10 Å². The number of aromatic nitrogens is 2. The Bertz CT molecular complexity index is 1010. The van der Waals surface area contributed by atoms with Crippen LogP contribution in [0.5, 0.6) is 0 Å². The van der Waals surface area contributed by atoms with Gasteiger partial charge in [-0.1, -0.05) is 51.8 Å². The molecule has 2 aromatic carbocycles. The topological polar surface area (TPSA) is 73.2 Å². The first-order chi connectivity index (χ1) is 13.5. The lowest BCUT2D eigenvalue weighted by Gasteiger charge is -2.18. The molecule has 0 aliphatic heterocycles. The monoisotopic (exact) mass is 461 g/mol. The summed E-state index contributed by atoms with van der Waals surface area (Å²) in [5.74, 6) is -0.827. The summed E-state index contributed by atoms with van der Waals surface area (Å²) in [4.78, 5) is 24.5. The van der Waals surface area contributed by atoms with Crippen LogP contribution in [0.1, 0.15) is 28.5 Å². The normalized spacial score (nSPS) is 11.7. The van der Waals surface area contributed by atoms with Crippen LogP contribution in [-0.4, -0.2) is 28.8 Å². The van der Waals surface area contributed by atoms with Crippen molar-refractivity contribution < 1.29 is 14.3 Å². The van der Waals surface area contributed by atoms with Crippen molar-refractivity contribution in [2.45, 2.75) is 12.5 Å². The Morgan fingerprint density at radius 2 is 2.00 bits per heavy atom. The first-order valence-electron chi connectivity index (χ1n) is 8.41. The molecule has 0 spiro atoms. The van der Waals surface area contributed by atoms with Gasteiger partial charge in [0, 0.05) is 10.7 Å². The van der Waals surface area contributed by atoms with Crippen LogP contribution < -0.4 is 5.32 Å². The maximum Gasteiger partial charge on any atom is 0.307 e. The molecule has 6 nitrogen and oxygen atoms in total. The molecule has 1 N–H and O–H groups in total. The second-order valence-corrected chi connectivity index (χ2v) is 7.28. The minimum absolute atomic E-state index is 0.00388. The smallest absolute Gasteiger partial charge is 0.307 e. The van der Waals surface area contributed by atoms with Crippen LogP contribution in [0.2, 0.25) is 5.02 Å². The molecule has 1 aromatic heterocycles. The Labute approximate surface area is 175 Å². The van der Waals surface area contributed by atoms with E-state index < -0.39 is 17.9 Å². The van der Waals surface area contributed by atoms with E-state index in [0.717, 1.165) is 10.0 Å². The zero-order chi connectivity index (χ0) is 20.1. The molecule has 0 saturated carbocycles. The third kappa shape index (κ3) is 4.79. The van der Waals surface area contributed by atoms with Gasteiger partial charge in [-0.15, -0.1) is 0 Å². The zero-order valence-electron chi connectivity index (χ0n) is 14.9. The quantitative estimate of drug-likeness (QED) is 0.554. The van der Waals surface area contributed by atoms with E-state index in [1.54, 1.807) is 24.4 Å². The van der Waals surface area contributed by atoms with Crippen LogP contribution in [0.15, 0.2) is 65.3 Å². The largest absolute Gasteiger partial charge is 0.469 e. The van der Waals surface area contributed by atoms with Gasteiger partial charge in [0.05, 0.1) is 30.3 Å². The first-order valence-corrected chi connectivity index (χ1v) is 9.58. The highest BCUT2D eigenvalue weighted by molar-refractivity contribution is 9.10. The summed E-state index contributed by atoms with van der Waals surface area (Å²) in [6.45, 7) is 0. The van der Waals surface area contributed by atoms with Gasteiger partial charge in [0.15, 0.2) is 5.69 Å². The van der Waals surface area contributed by atoms with Gasteiger partial charge in [0.2, 0.25) is 0 Å². The summed E-state index contributed by atoms with van der Waals surface area (Å²) >= 11 is 9.59. The Morgan fingerprint density at radius 3 is 2.71 bits per heavy atom. The third-order valence-corrected chi connectivity index (χ3v) is 4.89. The number of esters is 1. The summed E-state index contributed by atoms with van der Waals surface area (Å²) in [5, 5.41) is 7.68. The van der Waals surface area contributed by atoms with Crippen molar-refractivity contribution in [3.63, 3.8) is 0 Å². The molecule has 8 heteroatoms. The molecule has 3 rings (SSSR count). The third-order valence-electron chi connectivity index (χ3n) is 4.08. The number of hydrogen-bond donors (Lipinski definition) is 1. The van der Waals surface area contributed by atoms with Crippen LogP contribution >= 0.6 is 27.5 Å². The van der Waals surface area contributed by atoms with E-state index in [-0.39, 0.29) is 12.1 Å². The van der Waals surface area contributed by atoms with Crippen molar-refractivity contribution in [1.82, 2.24) is 15.1 Å². The molecule has 144 valence electrons. The molecule has 0 aliphatic rings. The number of para-hydroxylation sites is 1. The van der Waals surface area contributed by atoms with Crippen molar-refractivity contribution >= 4 is 39.4 Å². The Morgan fingerprint density at radius 1 is 1.21 bits per heavy atom. The van der Waals surface area contributed by atoms with Crippen molar-refractivity contribution in [3.8, 4) is 5.69 Å². The maximum absolute atomic E-state index is 12.7. The molecule has 28 heavy (non-hydrogen) atoms. The lowest BCUT2D eigenvalue weighted by atomic mass is 10.0. The summed E-state index contributed by atoms with van der Waals surface area (Å²) in [6.07, 6.45) is 1.66. The van der Waals surface area contributed by atoms with Crippen molar-refractivity contribution in [1.29, 1.82) is 0 Å². The summed E-state index contributed by atoms with van der Waals surface area (Å²) in [5.41, 5.74) is 1.66. The number of hydrogen-bond acceptors (Lipinski definition) is 4. The number of carbonyl (C=O) groups excluding carboxylic acids is 2. The van der Waals surface area contributed by atoms with E-state index in [4.69, 9.17) is 16.3 Å². The molecule has 3 aromatic rings. The standard InChI is InChI=1S/C20H17BrClN3O3/c1-28-19(26)12-17(13-5-4-6-14(21)11-13)23-20(27)16-9-10-25(24-16)18-8-3-2-7-15(18)22/h2-11,17H,12H2,1H3,(H,23,27)/t17-/m0/s1. The van der Waals surface area contributed by atoms with Gasteiger partial charge in [-0.25, -0.2) is 4.68 Å². The van der Waals surface area contributed by atoms with Crippen LogP contribution in [-0.2, 0) is 9.53 Å². The number of carbonyl (C=O) groups is 2.